The van der Waals surface area contributed by atoms with Gasteiger partial charge in [-0.3, -0.25) is 4.79 Å². The van der Waals surface area contributed by atoms with Crippen molar-refractivity contribution in [3.63, 3.8) is 0 Å². The molecule has 0 radical (unpaired) electrons. The van der Waals surface area contributed by atoms with Gasteiger partial charge in [-0.2, -0.15) is 0 Å². The van der Waals surface area contributed by atoms with Gasteiger partial charge in [0.1, 0.15) is 5.82 Å². The zero-order valence-corrected chi connectivity index (χ0v) is 9.37. The summed E-state index contributed by atoms with van der Waals surface area (Å²) in [6, 6.07) is 3.64. The molecule has 0 aliphatic carbocycles. The summed E-state index contributed by atoms with van der Waals surface area (Å²) >= 11 is 0. The average Bonchev–Trinajstić information content (AvgIpc) is 2.28. The summed E-state index contributed by atoms with van der Waals surface area (Å²) in [6.07, 6.45) is 2.55. The lowest BCUT2D eigenvalue weighted by molar-refractivity contribution is 0.0939. The SMILES string of the molecule is CCC(C)NC(=O)c1ccnc(NC)c1. The molecule has 1 rings (SSSR count). The molecule has 0 fully saturated rings. The number of rotatable bonds is 4. The summed E-state index contributed by atoms with van der Waals surface area (Å²) in [5.41, 5.74) is 0.634. The van der Waals surface area contributed by atoms with E-state index in [1.165, 1.54) is 0 Å². The molecule has 2 N–H and O–H groups in total. The molecule has 1 unspecified atom stereocenters. The number of amides is 1. The highest BCUT2D eigenvalue weighted by Gasteiger charge is 2.08. The molecule has 1 amide bonds. The molecule has 1 aromatic heterocycles. The largest absolute Gasteiger partial charge is 0.373 e. The fraction of sp³-hybridized carbons (Fsp3) is 0.455. The van der Waals surface area contributed by atoms with Gasteiger partial charge in [0, 0.05) is 24.8 Å². The van der Waals surface area contributed by atoms with Crippen molar-refractivity contribution >= 4 is 11.7 Å². The molecule has 0 aliphatic heterocycles. The normalized spacial score (nSPS) is 11.9. The maximum absolute atomic E-state index is 11.7. The molecule has 4 heteroatoms. The first-order valence-electron chi connectivity index (χ1n) is 5.12. The maximum atomic E-state index is 11.7. The van der Waals surface area contributed by atoms with Gasteiger partial charge in [0.15, 0.2) is 0 Å². The minimum Gasteiger partial charge on any atom is -0.373 e. The molecular formula is C11H17N3O. The summed E-state index contributed by atoms with van der Waals surface area (Å²) in [4.78, 5) is 15.8. The van der Waals surface area contributed by atoms with E-state index in [0.717, 1.165) is 6.42 Å². The van der Waals surface area contributed by atoms with E-state index in [0.29, 0.717) is 11.4 Å². The molecule has 82 valence electrons. The van der Waals surface area contributed by atoms with Crippen LogP contribution in [0.5, 0.6) is 0 Å². The van der Waals surface area contributed by atoms with E-state index in [1.54, 1.807) is 25.4 Å². The summed E-state index contributed by atoms with van der Waals surface area (Å²) in [6.45, 7) is 4.02. The van der Waals surface area contributed by atoms with Crippen molar-refractivity contribution in [2.45, 2.75) is 26.3 Å². The van der Waals surface area contributed by atoms with Crippen LogP contribution in [-0.4, -0.2) is 24.0 Å². The Balaban J connectivity index is 2.73. The molecule has 0 saturated heterocycles. The third-order valence-electron chi connectivity index (χ3n) is 2.27. The standard InChI is InChI=1S/C11H17N3O/c1-4-8(2)14-11(15)9-5-6-13-10(7-9)12-3/h5-8H,4H2,1-3H3,(H,12,13)(H,14,15). The maximum Gasteiger partial charge on any atom is 0.251 e. The predicted octanol–water partition coefficient (Wildman–Crippen LogP) is 1.65. The van der Waals surface area contributed by atoms with Crippen LogP contribution in [0.3, 0.4) is 0 Å². The van der Waals surface area contributed by atoms with Gasteiger partial charge < -0.3 is 10.6 Å². The Morgan fingerprint density at radius 3 is 2.93 bits per heavy atom. The summed E-state index contributed by atoms with van der Waals surface area (Å²) < 4.78 is 0. The van der Waals surface area contributed by atoms with E-state index in [4.69, 9.17) is 0 Å². The quantitative estimate of drug-likeness (QED) is 0.789. The van der Waals surface area contributed by atoms with E-state index >= 15 is 0 Å². The van der Waals surface area contributed by atoms with Crippen molar-refractivity contribution in [2.75, 3.05) is 12.4 Å². The van der Waals surface area contributed by atoms with E-state index in [2.05, 4.69) is 15.6 Å². The van der Waals surface area contributed by atoms with Crippen LogP contribution in [0.4, 0.5) is 5.82 Å². The Morgan fingerprint density at radius 1 is 1.60 bits per heavy atom. The van der Waals surface area contributed by atoms with Crippen molar-refractivity contribution in [2.24, 2.45) is 0 Å². The van der Waals surface area contributed by atoms with Crippen molar-refractivity contribution in [1.82, 2.24) is 10.3 Å². The van der Waals surface area contributed by atoms with Crippen LogP contribution in [0.25, 0.3) is 0 Å². The number of nitrogens with one attached hydrogen (secondary N) is 2. The molecule has 1 aromatic rings. The highest BCUT2D eigenvalue weighted by atomic mass is 16.1. The molecule has 0 aliphatic rings. The number of carbonyl (C=O) groups excluding carboxylic acids is 1. The third-order valence-corrected chi connectivity index (χ3v) is 2.27. The molecule has 1 atom stereocenters. The average molecular weight is 207 g/mol. The number of hydrogen-bond donors (Lipinski definition) is 2. The number of pyridine rings is 1. The minimum atomic E-state index is -0.0525. The second kappa shape index (κ2) is 5.34. The van der Waals surface area contributed by atoms with Gasteiger partial charge in [0.25, 0.3) is 5.91 Å². The number of hydrogen-bond acceptors (Lipinski definition) is 3. The van der Waals surface area contributed by atoms with Crippen LogP contribution in [0.1, 0.15) is 30.6 Å². The lowest BCUT2D eigenvalue weighted by atomic mass is 10.2. The molecule has 0 spiro atoms. The molecule has 15 heavy (non-hydrogen) atoms. The van der Waals surface area contributed by atoms with Crippen LogP contribution in [-0.2, 0) is 0 Å². The first-order chi connectivity index (χ1) is 7.17. The molecule has 1 heterocycles. The molecule has 0 aromatic carbocycles. The summed E-state index contributed by atoms with van der Waals surface area (Å²) in [5.74, 6) is 0.648. The van der Waals surface area contributed by atoms with Gasteiger partial charge in [-0.1, -0.05) is 6.92 Å². The van der Waals surface area contributed by atoms with Crippen LogP contribution >= 0.6 is 0 Å². The monoisotopic (exact) mass is 207 g/mol. The highest BCUT2D eigenvalue weighted by molar-refractivity contribution is 5.94. The lowest BCUT2D eigenvalue weighted by Crippen LogP contribution is -2.31. The Bertz CT molecular complexity index is 338. The van der Waals surface area contributed by atoms with E-state index in [1.807, 2.05) is 13.8 Å². The van der Waals surface area contributed by atoms with Crippen molar-refractivity contribution in [3.8, 4) is 0 Å². The van der Waals surface area contributed by atoms with Crippen molar-refractivity contribution in [3.05, 3.63) is 23.9 Å². The first-order valence-corrected chi connectivity index (χ1v) is 5.12. The molecule has 0 saturated carbocycles. The van der Waals surface area contributed by atoms with Crippen LogP contribution in [0.15, 0.2) is 18.3 Å². The fourth-order valence-corrected chi connectivity index (χ4v) is 1.12. The highest BCUT2D eigenvalue weighted by Crippen LogP contribution is 2.06. The Morgan fingerprint density at radius 2 is 2.33 bits per heavy atom. The smallest absolute Gasteiger partial charge is 0.251 e. The van der Waals surface area contributed by atoms with Gasteiger partial charge in [-0.15, -0.1) is 0 Å². The van der Waals surface area contributed by atoms with Gasteiger partial charge >= 0.3 is 0 Å². The zero-order valence-electron chi connectivity index (χ0n) is 9.37. The first kappa shape index (κ1) is 11.5. The molecule has 0 bridgehead atoms. The van der Waals surface area contributed by atoms with E-state index < -0.39 is 0 Å². The van der Waals surface area contributed by atoms with Crippen molar-refractivity contribution in [1.29, 1.82) is 0 Å². The fourth-order valence-electron chi connectivity index (χ4n) is 1.12. The van der Waals surface area contributed by atoms with E-state index in [9.17, 15) is 4.79 Å². The van der Waals surface area contributed by atoms with Gasteiger partial charge in [0.05, 0.1) is 0 Å². The number of nitrogens with zero attached hydrogens (tertiary/aromatic N) is 1. The third kappa shape index (κ3) is 3.23. The Labute approximate surface area is 90.1 Å². The second-order valence-electron chi connectivity index (χ2n) is 3.46. The topological polar surface area (TPSA) is 54.0 Å². The van der Waals surface area contributed by atoms with Crippen LogP contribution in [0, 0.1) is 0 Å². The van der Waals surface area contributed by atoms with Gasteiger partial charge in [-0.25, -0.2) is 4.98 Å². The van der Waals surface area contributed by atoms with E-state index in [-0.39, 0.29) is 11.9 Å². The van der Waals surface area contributed by atoms with Gasteiger partial charge in [-0.05, 0) is 25.5 Å². The predicted molar refractivity (Wildman–Crippen MR) is 61.0 cm³/mol. The molecular weight excluding hydrogens is 190 g/mol. The number of anilines is 1. The molecule has 4 nitrogen and oxygen atoms in total. The Hall–Kier alpha value is -1.58. The number of aromatic nitrogens is 1. The Kier molecular flexibility index (Phi) is 4.09. The second-order valence-corrected chi connectivity index (χ2v) is 3.46. The van der Waals surface area contributed by atoms with Crippen molar-refractivity contribution < 1.29 is 4.79 Å². The van der Waals surface area contributed by atoms with Crippen LogP contribution in [0.2, 0.25) is 0 Å². The minimum absolute atomic E-state index is 0.0525. The van der Waals surface area contributed by atoms with Crippen LogP contribution < -0.4 is 10.6 Å². The lowest BCUT2D eigenvalue weighted by Gasteiger charge is -2.11. The van der Waals surface area contributed by atoms with Gasteiger partial charge in [0.2, 0.25) is 0 Å². The summed E-state index contributed by atoms with van der Waals surface area (Å²) in [5, 5.41) is 5.80. The zero-order chi connectivity index (χ0) is 11.3. The summed E-state index contributed by atoms with van der Waals surface area (Å²) in [7, 11) is 1.78. The number of carbonyl (C=O) groups is 1.